The number of guanidine groups is 1. The van der Waals surface area contributed by atoms with Crippen LogP contribution >= 0.6 is 11.6 Å². The van der Waals surface area contributed by atoms with Crippen LogP contribution in [0.25, 0.3) is 0 Å². The Bertz CT molecular complexity index is 806. The summed E-state index contributed by atoms with van der Waals surface area (Å²) >= 11 is 5.96. The fraction of sp³-hybridized carbons (Fsp3) is 0.500. The molecule has 0 bridgehead atoms. The van der Waals surface area contributed by atoms with Crippen LogP contribution in [0.3, 0.4) is 0 Å². The maximum Gasteiger partial charge on any atom is 0.387 e. The van der Waals surface area contributed by atoms with E-state index < -0.39 is 6.61 Å². The molecule has 0 amide bonds. The van der Waals surface area contributed by atoms with Crippen LogP contribution in [0.4, 0.5) is 8.78 Å². The predicted octanol–water partition coefficient (Wildman–Crippen LogP) is 3.88. The first-order chi connectivity index (χ1) is 13.2. The highest BCUT2D eigenvalue weighted by molar-refractivity contribution is 6.30. The summed E-state index contributed by atoms with van der Waals surface area (Å²) in [7, 11) is 0. The van der Waals surface area contributed by atoms with Crippen LogP contribution in [0, 0.1) is 0 Å². The van der Waals surface area contributed by atoms with Crippen LogP contribution < -0.4 is 15.4 Å². The maximum atomic E-state index is 12.6. The van der Waals surface area contributed by atoms with Gasteiger partial charge in [0.25, 0.3) is 0 Å². The molecule has 0 unspecified atom stereocenters. The molecule has 0 atom stereocenters. The fourth-order valence-electron chi connectivity index (χ4n) is 2.18. The minimum Gasteiger partial charge on any atom is -0.434 e. The number of nitrogens with one attached hydrogen (secondary N) is 2. The zero-order valence-corrected chi connectivity index (χ0v) is 17.0. The fourth-order valence-corrected chi connectivity index (χ4v) is 2.38. The Labute approximate surface area is 167 Å². The molecular weight excluding hydrogens is 392 g/mol. The lowest BCUT2D eigenvalue weighted by Crippen LogP contribution is -2.37. The van der Waals surface area contributed by atoms with Crippen LogP contribution in [0.2, 0.25) is 5.02 Å². The minimum atomic E-state index is -2.93. The molecule has 1 heterocycles. The largest absolute Gasteiger partial charge is 0.434 e. The number of hydrogen-bond acceptors (Lipinski definition) is 5. The van der Waals surface area contributed by atoms with Crippen molar-refractivity contribution in [2.45, 2.75) is 52.8 Å². The van der Waals surface area contributed by atoms with Crippen molar-refractivity contribution in [3.8, 4) is 5.75 Å². The monoisotopic (exact) mass is 415 g/mol. The number of halogens is 3. The van der Waals surface area contributed by atoms with Crippen molar-refractivity contribution in [2.24, 2.45) is 4.99 Å². The normalized spacial score (nSPS) is 12.4. The van der Waals surface area contributed by atoms with Gasteiger partial charge in [-0.1, -0.05) is 37.5 Å². The van der Waals surface area contributed by atoms with Crippen molar-refractivity contribution in [2.75, 3.05) is 6.54 Å². The zero-order valence-electron chi connectivity index (χ0n) is 16.2. The summed E-state index contributed by atoms with van der Waals surface area (Å²) in [6.45, 7) is 5.92. The van der Waals surface area contributed by atoms with Gasteiger partial charge < -0.3 is 19.9 Å². The molecule has 2 aromatic rings. The van der Waals surface area contributed by atoms with Crippen molar-refractivity contribution in [3.05, 3.63) is 40.5 Å². The van der Waals surface area contributed by atoms with Gasteiger partial charge in [0.1, 0.15) is 5.75 Å². The molecule has 0 aliphatic heterocycles. The molecule has 0 aliphatic carbocycles. The summed E-state index contributed by atoms with van der Waals surface area (Å²) < 4.78 is 34.9. The van der Waals surface area contributed by atoms with Gasteiger partial charge in [0.05, 0.1) is 13.1 Å². The van der Waals surface area contributed by atoms with E-state index in [0.29, 0.717) is 41.4 Å². The van der Waals surface area contributed by atoms with Crippen LogP contribution in [0.1, 0.15) is 45.0 Å². The highest BCUT2D eigenvalue weighted by Crippen LogP contribution is 2.25. The summed E-state index contributed by atoms with van der Waals surface area (Å²) in [6.07, 6.45) is 0. The quantitative estimate of drug-likeness (QED) is 0.527. The highest BCUT2D eigenvalue weighted by Gasteiger charge is 2.21. The van der Waals surface area contributed by atoms with E-state index in [-0.39, 0.29) is 17.7 Å². The number of alkyl halides is 2. The smallest absolute Gasteiger partial charge is 0.387 e. The number of ether oxygens (including phenoxy) is 1. The highest BCUT2D eigenvalue weighted by atomic mass is 35.5. The third-order valence-corrected chi connectivity index (χ3v) is 3.75. The maximum absolute atomic E-state index is 12.6. The van der Waals surface area contributed by atoms with Gasteiger partial charge in [-0.25, -0.2) is 4.99 Å². The summed E-state index contributed by atoms with van der Waals surface area (Å²) in [5.74, 6) is 1.53. The SMILES string of the molecule is CCNC(=NCc1cc(Cl)ccc1OC(F)F)NCc1noc(C(C)(C)C)n1. The molecule has 0 saturated carbocycles. The lowest BCUT2D eigenvalue weighted by atomic mass is 9.97. The summed E-state index contributed by atoms with van der Waals surface area (Å²) in [5, 5.41) is 10.5. The van der Waals surface area contributed by atoms with E-state index in [4.69, 9.17) is 16.1 Å². The van der Waals surface area contributed by atoms with E-state index in [0.717, 1.165) is 0 Å². The standard InChI is InChI=1S/C18H24ClF2N5O2/c1-5-22-17(24-10-14-25-15(28-26-14)18(2,3)4)23-9-11-8-12(19)6-7-13(11)27-16(20)21/h6-8,16H,5,9-10H2,1-4H3,(H2,22,23,24). The van der Waals surface area contributed by atoms with Crippen molar-refractivity contribution in [1.82, 2.24) is 20.8 Å². The Morgan fingerprint density at radius 1 is 1.32 bits per heavy atom. The number of benzene rings is 1. The zero-order chi connectivity index (χ0) is 20.7. The van der Waals surface area contributed by atoms with Crippen LogP contribution in [0.15, 0.2) is 27.7 Å². The molecule has 0 radical (unpaired) electrons. The van der Waals surface area contributed by atoms with E-state index in [2.05, 4.69) is 30.5 Å². The molecule has 1 aromatic heterocycles. The van der Waals surface area contributed by atoms with Gasteiger partial charge in [0.15, 0.2) is 11.8 Å². The molecule has 1 aromatic carbocycles. The molecule has 0 fully saturated rings. The molecule has 154 valence electrons. The van der Waals surface area contributed by atoms with Gasteiger partial charge in [0, 0.05) is 22.5 Å². The molecule has 0 spiro atoms. The first-order valence-electron chi connectivity index (χ1n) is 8.77. The third-order valence-electron chi connectivity index (χ3n) is 3.51. The van der Waals surface area contributed by atoms with Crippen molar-refractivity contribution in [1.29, 1.82) is 0 Å². The van der Waals surface area contributed by atoms with Gasteiger partial charge in [-0.2, -0.15) is 13.8 Å². The third kappa shape index (κ3) is 6.63. The molecule has 28 heavy (non-hydrogen) atoms. The Balaban J connectivity index is 2.08. The van der Waals surface area contributed by atoms with Gasteiger partial charge >= 0.3 is 6.61 Å². The van der Waals surface area contributed by atoms with E-state index in [1.165, 1.54) is 12.1 Å². The minimum absolute atomic E-state index is 0.0342. The van der Waals surface area contributed by atoms with Crippen molar-refractivity contribution in [3.63, 3.8) is 0 Å². The second-order valence-electron chi connectivity index (χ2n) is 6.95. The topological polar surface area (TPSA) is 84.6 Å². The predicted molar refractivity (Wildman–Crippen MR) is 103 cm³/mol. The van der Waals surface area contributed by atoms with E-state index in [1.807, 2.05) is 27.7 Å². The van der Waals surface area contributed by atoms with Crippen molar-refractivity contribution < 1.29 is 18.0 Å². The molecule has 2 rings (SSSR count). The molecule has 0 aliphatic rings. The summed E-state index contributed by atoms with van der Waals surface area (Å²) in [6, 6.07) is 4.42. The van der Waals surface area contributed by atoms with Crippen LogP contribution in [-0.2, 0) is 18.5 Å². The Hall–Kier alpha value is -2.42. The van der Waals surface area contributed by atoms with E-state index in [9.17, 15) is 8.78 Å². The average Bonchev–Trinajstić information content (AvgIpc) is 3.08. The summed E-state index contributed by atoms with van der Waals surface area (Å²) in [5.41, 5.74) is 0.205. The first-order valence-corrected chi connectivity index (χ1v) is 9.15. The Kier molecular flexibility index (Phi) is 7.56. The molecular formula is C18H24ClF2N5O2. The molecule has 10 heteroatoms. The lowest BCUT2D eigenvalue weighted by Gasteiger charge is -2.12. The van der Waals surface area contributed by atoms with Crippen LogP contribution in [0.5, 0.6) is 5.75 Å². The molecule has 7 nitrogen and oxygen atoms in total. The number of hydrogen-bond donors (Lipinski definition) is 2. The Morgan fingerprint density at radius 3 is 2.68 bits per heavy atom. The van der Waals surface area contributed by atoms with Gasteiger partial charge in [0.2, 0.25) is 5.89 Å². The second-order valence-corrected chi connectivity index (χ2v) is 7.38. The number of aliphatic imine (C=N–C) groups is 1. The second kappa shape index (κ2) is 9.68. The average molecular weight is 416 g/mol. The number of aromatic nitrogens is 2. The van der Waals surface area contributed by atoms with Gasteiger partial charge in [-0.15, -0.1) is 0 Å². The van der Waals surface area contributed by atoms with Gasteiger partial charge in [-0.3, -0.25) is 0 Å². The first kappa shape index (κ1) is 21.9. The van der Waals surface area contributed by atoms with Gasteiger partial charge in [-0.05, 0) is 25.1 Å². The lowest BCUT2D eigenvalue weighted by molar-refractivity contribution is -0.0504. The van der Waals surface area contributed by atoms with Crippen LogP contribution in [-0.4, -0.2) is 29.3 Å². The van der Waals surface area contributed by atoms with Crippen molar-refractivity contribution >= 4 is 17.6 Å². The molecule has 0 saturated heterocycles. The number of nitrogens with zero attached hydrogens (tertiary/aromatic N) is 3. The molecule has 2 N–H and O–H groups in total. The van der Waals surface area contributed by atoms with E-state index in [1.54, 1.807) is 6.07 Å². The number of rotatable bonds is 7. The summed E-state index contributed by atoms with van der Waals surface area (Å²) in [4.78, 5) is 8.73. The Morgan fingerprint density at radius 2 is 2.07 bits per heavy atom. The van der Waals surface area contributed by atoms with E-state index >= 15 is 0 Å².